The lowest BCUT2D eigenvalue weighted by atomic mass is 10.1. The Morgan fingerprint density at radius 3 is 1.54 bits per heavy atom. The van der Waals surface area contributed by atoms with Gasteiger partial charge in [0.05, 0.1) is 6.54 Å². The summed E-state index contributed by atoms with van der Waals surface area (Å²) in [6.45, 7) is 0.538. The Balaban J connectivity index is 1.83. The van der Waals surface area contributed by atoms with Gasteiger partial charge < -0.3 is 4.90 Å². The van der Waals surface area contributed by atoms with Crippen molar-refractivity contribution < 1.29 is 0 Å². The van der Waals surface area contributed by atoms with Crippen molar-refractivity contribution >= 4 is 32.9 Å². The van der Waals surface area contributed by atoms with E-state index < -0.39 is 0 Å². The number of fused-ring (bicyclic) bond motifs is 2. The fraction of sp³-hybridized carbons (Fsp3) is 0.0435. The maximum Gasteiger partial charge on any atom is 0.0840 e. The van der Waals surface area contributed by atoms with Crippen LogP contribution >= 0.6 is 0 Å². The molecule has 4 rings (SSSR count). The van der Waals surface area contributed by atoms with Gasteiger partial charge in [0.1, 0.15) is 0 Å². The average molecular weight is 307 g/mol. The summed E-state index contributed by atoms with van der Waals surface area (Å²) in [5, 5.41) is 4.91. The number of hydrogen-bond acceptors (Lipinski definition) is 1. The van der Waals surface area contributed by atoms with E-state index in [0.717, 1.165) is 11.4 Å². The fourth-order valence-electron chi connectivity index (χ4n) is 3.11. The van der Waals surface area contributed by atoms with E-state index in [1.165, 1.54) is 21.5 Å². The van der Waals surface area contributed by atoms with Crippen molar-refractivity contribution in [2.75, 3.05) is 11.4 Å². The second-order valence-corrected chi connectivity index (χ2v) is 5.85. The van der Waals surface area contributed by atoms with Gasteiger partial charge in [0, 0.05) is 11.4 Å². The first-order chi connectivity index (χ1) is 11.8. The highest BCUT2D eigenvalue weighted by Crippen LogP contribution is 2.30. The molecule has 4 aromatic carbocycles. The minimum atomic E-state index is 0.538. The normalized spacial score (nSPS) is 10.6. The lowest BCUT2D eigenvalue weighted by Gasteiger charge is -2.23. The standard InChI is InChI=1S/C23H17N/c1-2-15-24(22-13-11-18-7-3-5-9-20(18)16-22)23-14-12-19-8-4-6-10-21(19)17-23/h1,3-14,16-17H,15H2. The summed E-state index contributed by atoms with van der Waals surface area (Å²) >= 11 is 0. The first-order valence-electron chi connectivity index (χ1n) is 8.04. The van der Waals surface area contributed by atoms with E-state index in [1.807, 2.05) is 0 Å². The Bertz CT molecular complexity index is 977. The number of terminal acetylenes is 1. The van der Waals surface area contributed by atoms with Gasteiger partial charge in [0.15, 0.2) is 0 Å². The molecule has 0 saturated carbocycles. The summed E-state index contributed by atoms with van der Waals surface area (Å²) in [7, 11) is 0. The summed E-state index contributed by atoms with van der Waals surface area (Å²) in [5.41, 5.74) is 2.23. The molecule has 0 aliphatic heterocycles. The van der Waals surface area contributed by atoms with Gasteiger partial charge in [-0.25, -0.2) is 0 Å². The van der Waals surface area contributed by atoms with Gasteiger partial charge in [0.2, 0.25) is 0 Å². The first kappa shape index (κ1) is 14.4. The Morgan fingerprint density at radius 2 is 1.08 bits per heavy atom. The molecule has 114 valence electrons. The molecule has 1 nitrogen and oxygen atoms in total. The predicted molar refractivity (Wildman–Crippen MR) is 104 cm³/mol. The van der Waals surface area contributed by atoms with Crippen molar-refractivity contribution in [3.05, 3.63) is 84.9 Å². The van der Waals surface area contributed by atoms with Gasteiger partial charge in [0.25, 0.3) is 0 Å². The number of rotatable bonds is 3. The van der Waals surface area contributed by atoms with Gasteiger partial charge in [-0.3, -0.25) is 0 Å². The van der Waals surface area contributed by atoms with E-state index in [4.69, 9.17) is 6.42 Å². The molecule has 0 saturated heterocycles. The molecule has 0 radical (unpaired) electrons. The van der Waals surface area contributed by atoms with Crippen LogP contribution in [0.15, 0.2) is 84.9 Å². The molecule has 1 heteroatoms. The van der Waals surface area contributed by atoms with Crippen molar-refractivity contribution in [1.29, 1.82) is 0 Å². The highest BCUT2D eigenvalue weighted by atomic mass is 15.1. The van der Waals surface area contributed by atoms with Crippen LogP contribution in [-0.2, 0) is 0 Å². The average Bonchev–Trinajstić information content (AvgIpc) is 2.65. The van der Waals surface area contributed by atoms with Gasteiger partial charge in [-0.2, -0.15) is 0 Å². The van der Waals surface area contributed by atoms with Gasteiger partial charge >= 0.3 is 0 Å². The molecular weight excluding hydrogens is 290 g/mol. The van der Waals surface area contributed by atoms with E-state index in [1.54, 1.807) is 0 Å². The molecule has 0 amide bonds. The zero-order valence-electron chi connectivity index (χ0n) is 13.3. The monoisotopic (exact) mass is 307 g/mol. The Kier molecular flexibility index (Phi) is 3.65. The SMILES string of the molecule is C#CCN(c1ccc2ccccc2c1)c1ccc2ccccc2c1. The quantitative estimate of drug-likeness (QED) is 0.435. The zero-order chi connectivity index (χ0) is 16.4. The number of nitrogens with zero attached hydrogens (tertiary/aromatic N) is 1. The molecule has 0 bridgehead atoms. The number of anilines is 2. The molecule has 0 unspecified atom stereocenters. The van der Waals surface area contributed by atoms with Gasteiger partial charge in [-0.1, -0.05) is 66.6 Å². The second kappa shape index (κ2) is 6.10. The summed E-state index contributed by atoms with van der Waals surface area (Å²) in [6, 6.07) is 29.7. The summed E-state index contributed by atoms with van der Waals surface area (Å²) in [4.78, 5) is 2.18. The van der Waals surface area contributed by atoms with Gasteiger partial charge in [-0.15, -0.1) is 6.42 Å². The molecule has 4 aromatic rings. The maximum absolute atomic E-state index is 5.64. The third-order valence-corrected chi connectivity index (χ3v) is 4.34. The molecule has 0 N–H and O–H groups in total. The Hall–Kier alpha value is -3.24. The van der Waals surface area contributed by atoms with Crippen LogP contribution in [0.2, 0.25) is 0 Å². The highest BCUT2D eigenvalue weighted by molar-refractivity contribution is 5.89. The lowest BCUT2D eigenvalue weighted by Crippen LogP contribution is -2.16. The second-order valence-electron chi connectivity index (χ2n) is 5.85. The van der Waals surface area contributed by atoms with Crippen molar-refractivity contribution in [3.8, 4) is 12.3 Å². The third-order valence-electron chi connectivity index (χ3n) is 4.34. The van der Waals surface area contributed by atoms with Crippen molar-refractivity contribution in [3.63, 3.8) is 0 Å². The molecular formula is C23H17N. The van der Waals surface area contributed by atoms with Crippen LogP contribution in [0.25, 0.3) is 21.5 Å². The molecule has 0 spiro atoms. The minimum absolute atomic E-state index is 0.538. The van der Waals surface area contributed by atoms with Crippen LogP contribution < -0.4 is 4.90 Å². The number of hydrogen-bond donors (Lipinski definition) is 0. The van der Waals surface area contributed by atoms with Crippen LogP contribution in [0.5, 0.6) is 0 Å². The molecule has 24 heavy (non-hydrogen) atoms. The summed E-state index contributed by atoms with van der Waals surface area (Å²) in [5.74, 6) is 2.79. The minimum Gasteiger partial charge on any atom is -0.330 e. The van der Waals surface area contributed by atoms with E-state index in [0.29, 0.717) is 6.54 Å². The van der Waals surface area contributed by atoms with Crippen LogP contribution in [-0.4, -0.2) is 6.54 Å². The number of benzene rings is 4. The summed E-state index contributed by atoms with van der Waals surface area (Å²) < 4.78 is 0. The van der Waals surface area contributed by atoms with E-state index in [-0.39, 0.29) is 0 Å². The van der Waals surface area contributed by atoms with Crippen LogP contribution in [0, 0.1) is 12.3 Å². The maximum atomic E-state index is 5.64. The smallest absolute Gasteiger partial charge is 0.0840 e. The third kappa shape index (κ3) is 2.59. The largest absolute Gasteiger partial charge is 0.330 e. The molecule has 0 aliphatic rings. The van der Waals surface area contributed by atoms with Crippen LogP contribution in [0.1, 0.15) is 0 Å². The Labute approximate surface area is 142 Å². The lowest BCUT2D eigenvalue weighted by molar-refractivity contribution is 1.13. The topological polar surface area (TPSA) is 3.24 Å². The van der Waals surface area contributed by atoms with E-state index >= 15 is 0 Å². The van der Waals surface area contributed by atoms with Crippen molar-refractivity contribution in [2.24, 2.45) is 0 Å². The molecule has 0 aromatic heterocycles. The molecule has 0 aliphatic carbocycles. The highest BCUT2D eigenvalue weighted by Gasteiger charge is 2.09. The Morgan fingerprint density at radius 1 is 0.625 bits per heavy atom. The summed E-state index contributed by atoms with van der Waals surface area (Å²) in [6.07, 6.45) is 5.64. The molecule has 0 fully saturated rings. The van der Waals surface area contributed by atoms with Crippen molar-refractivity contribution in [2.45, 2.75) is 0 Å². The van der Waals surface area contributed by atoms with Gasteiger partial charge in [-0.05, 0) is 45.8 Å². The van der Waals surface area contributed by atoms with Crippen LogP contribution in [0.3, 0.4) is 0 Å². The van der Waals surface area contributed by atoms with E-state index in [9.17, 15) is 0 Å². The first-order valence-corrected chi connectivity index (χ1v) is 8.04. The van der Waals surface area contributed by atoms with Crippen molar-refractivity contribution in [1.82, 2.24) is 0 Å². The molecule has 0 heterocycles. The molecule has 0 atom stereocenters. The zero-order valence-corrected chi connectivity index (χ0v) is 13.3. The van der Waals surface area contributed by atoms with Crippen LogP contribution in [0.4, 0.5) is 11.4 Å². The fourth-order valence-corrected chi connectivity index (χ4v) is 3.11. The van der Waals surface area contributed by atoms with E-state index in [2.05, 4.69) is 95.7 Å². The predicted octanol–water partition coefficient (Wildman–Crippen LogP) is 5.76.